The van der Waals surface area contributed by atoms with Crippen molar-refractivity contribution in [1.29, 1.82) is 0 Å². The first-order valence-corrected chi connectivity index (χ1v) is 7.24. The average Bonchev–Trinajstić information content (AvgIpc) is 2.85. The normalized spacial score (nSPS) is 12.1. The van der Waals surface area contributed by atoms with Crippen molar-refractivity contribution < 1.29 is 4.39 Å². The Kier molecular flexibility index (Phi) is 4.55. The van der Waals surface area contributed by atoms with E-state index < -0.39 is 0 Å². The zero-order valence-corrected chi connectivity index (χ0v) is 12.1. The summed E-state index contributed by atoms with van der Waals surface area (Å²) < 4.78 is 14.5. The molecule has 0 fully saturated rings. The lowest BCUT2D eigenvalue weighted by Crippen LogP contribution is -2.09. The van der Waals surface area contributed by atoms with Gasteiger partial charge in [0.25, 0.3) is 0 Å². The van der Waals surface area contributed by atoms with Gasteiger partial charge in [0.05, 0.1) is 11.7 Å². The van der Waals surface area contributed by atoms with Gasteiger partial charge >= 0.3 is 0 Å². The second kappa shape index (κ2) is 6.16. The predicted molar refractivity (Wildman–Crippen MR) is 79.6 cm³/mol. The smallest absolute Gasteiger partial charge is 0.147 e. The second-order valence-electron chi connectivity index (χ2n) is 3.86. The van der Waals surface area contributed by atoms with E-state index in [1.54, 1.807) is 17.4 Å². The van der Waals surface area contributed by atoms with Crippen LogP contribution in [0, 0.1) is 5.82 Å². The number of hydrogen-bond donors (Lipinski definition) is 1. The molecule has 18 heavy (non-hydrogen) atoms. The molecule has 1 atom stereocenters. The quantitative estimate of drug-likeness (QED) is 0.728. The summed E-state index contributed by atoms with van der Waals surface area (Å²) >= 11 is 4.91. The van der Waals surface area contributed by atoms with Crippen LogP contribution in [0.2, 0.25) is 0 Å². The Morgan fingerprint density at radius 2 is 2.28 bits per heavy atom. The van der Waals surface area contributed by atoms with E-state index in [0.29, 0.717) is 5.69 Å². The molecule has 0 radical (unpaired) electrons. The average molecular weight is 326 g/mol. The van der Waals surface area contributed by atoms with Gasteiger partial charge in [0.15, 0.2) is 0 Å². The van der Waals surface area contributed by atoms with Crippen molar-refractivity contribution in [2.75, 3.05) is 5.32 Å². The third kappa shape index (κ3) is 3.21. The van der Waals surface area contributed by atoms with Crippen LogP contribution in [0.25, 0.3) is 0 Å². The summed E-state index contributed by atoms with van der Waals surface area (Å²) in [7, 11) is 0. The maximum Gasteiger partial charge on any atom is 0.147 e. The molecule has 0 aliphatic rings. The van der Waals surface area contributed by atoms with Crippen molar-refractivity contribution in [3.05, 3.63) is 63.5 Å². The van der Waals surface area contributed by atoms with Gasteiger partial charge in [0.1, 0.15) is 5.82 Å². The number of halogens is 2. The van der Waals surface area contributed by atoms with E-state index in [1.165, 1.54) is 10.9 Å². The van der Waals surface area contributed by atoms with Crippen LogP contribution in [-0.4, -0.2) is 0 Å². The van der Waals surface area contributed by atoms with Gasteiger partial charge in [-0.2, -0.15) is 0 Å². The Hall–Kier alpha value is -1.13. The van der Waals surface area contributed by atoms with E-state index >= 15 is 0 Å². The van der Waals surface area contributed by atoms with Crippen molar-refractivity contribution in [1.82, 2.24) is 0 Å². The maximum absolute atomic E-state index is 13.8. The summed E-state index contributed by atoms with van der Waals surface area (Å²) in [6.07, 6.45) is 2.60. The highest BCUT2D eigenvalue weighted by Gasteiger charge is 2.13. The van der Waals surface area contributed by atoms with Crippen molar-refractivity contribution >= 4 is 33.0 Å². The molecule has 0 saturated heterocycles. The molecular formula is C14H13BrFNS. The first-order chi connectivity index (χ1) is 8.70. The van der Waals surface area contributed by atoms with E-state index in [-0.39, 0.29) is 11.9 Å². The summed E-state index contributed by atoms with van der Waals surface area (Å²) in [4.78, 5) is 1.18. The van der Waals surface area contributed by atoms with Crippen LogP contribution in [0.5, 0.6) is 0 Å². The lowest BCUT2D eigenvalue weighted by Gasteiger charge is -2.17. The highest BCUT2D eigenvalue weighted by Crippen LogP contribution is 2.28. The van der Waals surface area contributed by atoms with E-state index in [0.717, 1.165) is 10.9 Å². The largest absolute Gasteiger partial charge is 0.375 e. The monoisotopic (exact) mass is 325 g/mol. The summed E-state index contributed by atoms with van der Waals surface area (Å²) in [6, 6.07) is 9.13. The van der Waals surface area contributed by atoms with Crippen LogP contribution in [0.15, 0.2) is 52.8 Å². The Labute approximate surface area is 118 Å². The number of anilines is 1. The molecule has 1 aromatic heterocycles. The number of hydrogen-bond acceptors (Lipinski definition) is 2. The van der Waals surface area contributed by atoms with Gasteiger partial charge in [-0.25, -0.2) is 4.39 Å². The van der Waals surface area contributed by atoms with Crippen molar-refractivity contribution in [2.45, 2.75) is 12.5 Å². The van der Waals surface area contributed by atoms with Gasteiger partial charge in [-0.05, 0) is 36.1 Å². The van der Waals surface area contributed by atoms with Gasteiger partial charge in [0.2, 0.25) is 0 Å². The summed E-state index contributed by atoms with van der Waals surface area (Å²) in [5.41, 5.74) is 0.512. The first kappa shape index (κ1) is 13.3. The van der Waals surface area contributed by atoms with Crippen molar-refractivity contribution in [2.24, 2.45) is 0 Å². The number of rotatable bonds is 5. The molecule has 0 aliphatic carbocycles. The van der Waals surface area contributed by atoms with Gasteiger partial charge in [0, 0.05) is 9.35 Å². The number of nitrogens with one attached hydrogen (secondary N) is 1. The zero-order valence-electron chi connectivity index (χ0n) is 9.70. The molecule has 0 spiro atoms. The van der Waals surface area contributed by atoms with E-state index in [2.05, 4.69) is 27.8 Å². The molecule has 0 aliphatic heterocycles. The molecule has 94 valence electrons. The SMILES string of the molecule is C=CCC(Nc1ccc(Br)cc1F)c1cccs1. The summed E-state index contributed by atoms with van der Waals surface area (Å²) in [5.74, 6) is -0.255. The minimum Gasteiger partial charge on any atom is -0.375 e. The van der Waals surface area contributed by atoms with Crippen LogP contribution < -0.4 is 5.32 Å². The number of thiophene rings is 1. The van der Waals surface area contributed by atoms with Gasteiger partial charge in [-0.15, -0.1) is 17.9 Å². The van der Waals surface area contributed by atoms with E-state index in [9.17, 15) is 4.39 Å². The minimum absolute atomic E-state index is 0.0678. The molecule has 1 unspecified atom stereocenters. The third-order valence-electron chi connectivity index (χ3n) is 2.55. The molecule has 1 aromatic carbocycles. The molecule has 0 saturated carbocycles. The fourth-order valence-corrected chi connectivity index (χ4v) is 2.82. The second-order valence-corrected chi connectivity index (χ2v) is 5.76. The summed E-state index contributed by atoms with van der Waals surface area (Å²) in [5, 5.41) is 5.24. The van der Waals surface area contributed by atoms with Gasteiger partial charge in [-0.3, -0.25) is 0 Å². The molecule has 1 nitrogen and oxygen atoms in total. The lowest BCUT2D eigenvalue weighted by atomic mass is 10.1. The first-order valence-electron chi connectivity index (χ1n) is 5.56. The molecular weight excluding hydrogens is 313 g/mol. The Bertz CT molecular complexity index is 525. The fraction of sp³-hybridized carbons (Fsp3) is 0.143. The highest BCUT2D eigenvalue weighted by molar-refractivity contribution is 9.10. The number of benzene rings is 1. The third-order valence-corrected chi connectivity index (χ3v) is 4.03. The molecule has 4 heteroatoms. The molecule has 0 amide bonds. The molecule has 1 N–H and O–H groups in total. The summed E-state index contributed by atoms with van der Waals surface area (Å²) in [6.45, 7) is 3.75. The fourth-order valence-electron chi connectivity index (χ4n) is 1.70. The van der Waals surface area contributed by atoms with Crippen LogP contribution in [0.4, 0.5) is 10.1 Å². The van der Waals surface area contributed by atoms with Gasteiger partial charge < -0.3 is 5.32 Å². The Morgan fingerprint density at radius 1 is 1.44 bits per heavy atom. The Morgan fingerprint density at radius 3 is 2.89 bits per heavy atom. The molecule has 0 bridgehead atoms. The predicted octanol–water partition coefficient (Wildman–Crippen LogP) is 5.38. The Balaban J connectivity index is 2.21. The minimum atomic E-state index is -0.255. The maximum atomic E-state index is 13.8. The van der Waals surface area contributed by atoms with Crippen LogP contribution >= 0.6 is 27.3 Å². The molecule has 1 heterocycles. The van der Waals surface area contributed by atoms with E-state index in [4.69, 9.17) is 0 Å². The van der Waals surface area contributed by atoms with Gasteiger partial charge in [-0.1, -0.05) is 28.1 Å². The van der Waals surface area contributed by atoms with Crippen molar-refractivity contribution in [3.8, 4) is 0 Å². The standard InChI is InChI=1S/C14H13BrFNS/c1-2-4-13(14-5-3-8-18-14)17-12-7-6-10(15)9-11(12)16/h2-3,5-9,13,17H,1,4H2. The van der Waals surface area contributed by atoms with Crippen LogP contribution in [-0.2, 0) is 0 Å². The van der Waals surface area contributed by atoms with Crippen molar-refractivity contribution in [3.63, 3.8) is 0 Å². The molecule has 2 rings (SSSR count). The highest BCUT2D eigenvalue weighted by atomic mass is 79.9. The lowest BCUT2D eigenvalue weighted by molar-refractivity contribution is 0.625. The van der Waals surface area contributed by atoms with Crippen LogP contribution in [0.1, 0.15) is 17.3 Å². The van der Waals surface area contributed by atoms with Crippen LogP contribution in [0.3, 0.4) is 0 Å². The topological polar surface area (TPSA) is 12.0 Å². The van der Waals surface area contributed by atoms with E-state index in [1.807, 2.05) is 29.7 Å². The molecule has 2 aromatic rings. The zero-order chi connectivity index (χ0) is 13.0.